The lowest BCUT2D eigenvalue weighted by molar-refractivity contribution is 1.12. The maximum Gasteiger partial charge on any atom is 0.0453 e. The summed E-state index contributed by atoms with van der Waals surface area (Å²) in [5, 5.41) is 9.43. The van der Waals surface area contributed by atoms with Crippen molar-refractivity contribution in [3.63, 3.8) is 0 Å². The standard InChI is InChI=1S/C11H14N2S/c1-13(2)11-6-4-3-5-9(11)10(12)7-8-14/h3-6,8,12H,7H2,1-2H3. The van der Waals surface area contributed by atoms with Crippen molar-refractivity contribution in [1.29, 1.82) is 5.41 Å². The zero-order chi connectivity index (χ0) is 10.6. The lowest BCUT2D eigenvalue weighted by Crippen LogP contribution is -2.13. The molecule has 0 unspecified atom stereocenters. The number of rotatable bonds is 4. The van der Waals surface area contributed by atoms with Crippen molar-refractivity contribution in [1.82, 2.24) is 0 Å². The summed E-state index contributed by atoms with van der Waals surface area (Å²) in [5.74, 6) is 0. The highest BCUT2D eigenvalue weighted by Crippen LogP contribution is 2.18. The second-order valence-corrected chi connectivity index (χ2v) is 3.59. The quantitative estimate of drug-likeness (QED) is 0.605. The first-order chi connectivity index (χ1) is 6.66. The first-order valence-electron chi connectivity index (χ1n) is 4.44. The Kier molecular flexibility index (Phi) is 3.77. The van der Waals surface area contributed by atoms with Crippen LogP contribution in [0.3, 0.4) is 0 Å². The lowest BCUT2D eigenvalue weighted by atomic mass is 10.1. The van der Waals surface area contributed by atoms with E-state index in [4.69, 9.17) is 17.6 Å². The molecule has 1 rings (SSSR count). The predicted molar refractivity (Wildman–Crippen MR) is 65.9 cm³/mol. The van der Waals surface area contributed by atoms with E-state index in [1.807, 2.05) is 43.3 Å². The van der Waals surface area contributed by atoms with Crippen molar-refractivity contribution < 1.29 is 0 Å². The summed E-state index contributed by atoms with van der Waals surface area (Å²) in [5.41, 5.74) is 2.59. The van der Waals surface area contributed by atoms with Gasteiger partial charge in [0.05, 0.1) is 0 Å². The topological polar surface area (TPSA) is 27.1 Å². The van der Waals surface area contributed by atoms with Gasteiger partial charge in [0.2, 0.25) is 0 Å². The van der Waals surface area contributed by atoms with Gasteiger partial charge in [-0.3, -0.25) is 0 Å². The maximum absolute atomic E-state index is 7.84. The molecule has 74 valence electrons. The zero-order valence-electron chi connectivity index (χ0n) is 8.45. The third-order valence-corrected chi connectivity index (χ3v) is 2.17. The van der Waals surface area contributed by atoms with Gasteiger partial charge in [-0.2, -0.15) is 0 Å². The molecule has 1 aromatic rings. The largest absolute Gasteiger partial charge is 0.377 e. The Bertz CT molecular complexity index is 345. The molecule has 0 saturated carbocycles. The normalized spacial score (nSPS) is 9.57. The summed E-state index contributed by atoms with van der Waals surface area (Å²) in [6, 6.07) is 7.88. The molecule has 0 aliphatic carbocycles. The van der Waals surface area contributed by atoms with Crippen LogP contribution in [0.1, 0.15) is 12.0 Å². The lowest BCUT2D eigenvalue weighted by Gasteiger charge is -2.17. The van der Waals surface area contributed by atoms with E-state index in [0.29, 0.717) is 12.1 Å². The Morgan fingerprint density at radius 1 is 1.43 bits per heavy atom. The third kappa shape index (κ3) is 2.39. The minimum absolute atomic E-state index is 0.542. The highest BCUT2D eigenvalue weighted by atomic mass is 32.1. The van der Waals surface area contributed by atoms with Gasteiger partial charge in [0.25, 0.3) is 0 Å². The van der Waals surface area contributed by atoms with Crippen LogP contribution in [0.2, 0.25) is 0 Å². The van der Waals surface area contributed by atoms with E-state index in [9.17, 15) is 0 Å². The summed E-state index contributed by atoms with van der Waals surface area (Å²) in [4.78, 5) is 2.01. The van der Waals surface area contributed by atoms with Gasteiger partial charge >= 0.3 is 0 Å². The fourth-order valence-electron chi connectivity index (χ4n) is 1.31. The van der Waals surface area contributed by atoms with Crippen molar-refractivity contribution >= 4 is 29.0 Å². The molecule has 3 heteroatoms. The molecular weight excluding hydrogens is 192 g/mol. The Morgan fingerprint density at radius 3 is 2.64 bits per heavy atom. The summed E-state index contributed by atoms with van der Waals surface area (Å²) in [6.45, 7) is 0. The van der Waals surface area contributed by atoms with Crippen LogP contribution >= 0.6 is 12.2 Å². The number of thiocarbonyl (C=S) groups is 1. The molecule has 0 saturated heterocycles. The van der Waals surface area contributed by atoms with Crippen molar-refractivity contribution in [3.8, 4) is 0 Å². The molecule has 0 atom stereocenters. The average molecular weight is 206 g/mol. The van der Waals surface area contributed by atoms with Crippen molar-refractivity contribution in [2.45, 2.75) is 6.42 Å². The monoisotopic (exact) mass is 206 g/mol. The van der Waals surface area contributed by atoms with Crippen LogP contribution < -0.4 is 4.90 Å². The Morgan fingerprint density at radius 2 is 2.07 bits per heavy atom. The molecule has 0 fully saturated rings. The molecule has 1 N–H and O–H groups in total. The van der Waals surface area contributed by atoms with Gasteiger partial charge < -0.3 is 10.3 Å². The molecular formula is C11H14N2S. The van der Waals surface area contributed by atoms with Gasteiger partial charge in [0, 0.05) is 37.5 Å². The van der Waals surface area contributed by atoms with Crippen LogP contribution in [0.5, 0.6) is 0 Å². The van der Waals surface area contributed by atoms with E-state index < -0.39 is 0 Å². The third-order valence-electron chi connectivity index (χ3n) is 2.00. The predicted octanol–water partition coefficient (Wildman–Crippen LogP) is 2.51. The molecule has 0 bridgehead atoms. The van der Waals surface area contributed by atoms with Crippen LogP contribution in [0.4, 0.5) is 5.69 Å². The molecule has 0 aromatic heterocycles. The molecule has 0 heterocycles. The highest BCUT2D eigenvalue weighted by molar-refractivity contribution is 7.79. The van der Waals surface area contributed by atoms with Gasteiger partial charge in [-0.25, -0.2) is 0 Å². The number of para-hydroxylation sites is 1. The van der Waals surface area contributed by atoms with Crippen molar-refractivity contribution in [2.75, 3.05) is 19.0 Å². The highest BCUT2D eigenvalue weighted by Gasteiger charge is 2.06. The number of hydrogen-bond donors (Lipinski definition) is 1. The SMILES string of the molecule is CN(C)c1ccccc1C(=N)CC=S. The maximum atomic E-state index is 7.84. The average Bonchev–Trinajstić information content (AvgIpc) is 2.18. The number of anilines is 1. The molecule has 0 radical (unpaired) electrons. The van der Waals surface area contributed by atoms with Crippen LogP contribution in [0.25, 0.3) is 0 Å². The number of benzene rings is 1. The summed E-state index contributed by atoms with van der Waals surface area (Å²) in [6.07, 6.45) is 0.542. The molecule has 0 aliphatic rings. The van der Waals surface area contributed by atoms with E-state index in [1.54, 1.807) is 5.37 Å². The second-order valence-electron chi connectivity index (χ2n) is 3.26. The van der Waals surface area contributed by atoms with Gasteiger partial charge in [0.15, 0.2) is 0 Å². The minimum Gasteiger partial charge on any atom is -0.377 e. The van der Waals surface area contributed by atoms with E-state index in [0.717, 1.165) is 11.3 Å². The molecule has 14 heavy (non-hydrogen) atoms. The van der Waals surface area contributed by atoms with E-state index in [-0.39, 0.29) is 0 Å². The Hall–Kier alpha value is -1.22. The first kappa shape index (κ1) is 10.9. The second kappa shape index (κ2) is 4.86. The smallest absolute Gasteiger partial charge is 0.0453 e. The Labute approximate surface area is 90.1 Å². The van der Waals surface area contributed by atoms with Gasteiger partial charge in [-0.05, 0) is 11.4 Å². The van der Waals surface area contributed by atoms with Crippen molar-refractivity contribution in [2.24, 2.45) is 0 Å². The zero-order valence-corrected chi connectivity index (χ0v) is 9.27. The molecule has 0 spiro atoms. The minimum atomic E-state index is 0.542. The van der Waals surface area contributed by atoms with Gasteiger partial charge in [-0.15, -0.1) is 0 Å². The van der Waals surface area contributed by atoms with Crippen LogP contribution in [0, 0.1) is 5.41 Å². The van der Waals surface area contributed by atoms with Gasteiger partial charge in [-0.1, -0.05) is 30.4 Å². The summed E-state index contributed by atoms with van der Waals surface area (Å²) in [7, 11) is 3.95. The fourth-order valence-corrected chi connectivity index (χ4v) is 1.48. The van der Waals surface area contributed by atoms with Crippen molar-refractivity contribution in [3.05, 3.63) is 29.8 Å². The first-order valence-corrected chi connectivity index (χ1v) is 4.91. The number of nitrogens with one attached hydrogen (secondary N) is 1. The van der Waals surface area contributed by atoms with Crippen LogP contribution in [-0.4, -0.2) is 25.2 Å². The van der Waals surface area contributed by atoms with Crippen LogP contribution in [0.15, 0.2) is 24.3 Å². The fraction of sp³-hybridized carbons (Fsp3) is 0.273. The van der Waals surface area contributed by atoms with Crippen LogP contribution in [-0.2, 0) is 0 Å². The van der Waals surface area contributed by atoms with E-state index in [2.05, 4.69) is 0 Å². The Balaban J connectivity index is 3.06. The summed E-state index contributed by atoms with van der Waals surface area (Å²) >= 11 is 4.76. The number of hydrogen-bond acceptors (Lipinski definition) is 3. The molecule has 0 aliphatic heterocycles. The molecule has 0 amide bonds. The van der Waals surface area contributed by atoms with E-state index >= 15 is 0 Å². The molecule has 2 nitrogen and oxygen atoms in total. The summed E-state index contributed by atoms with van der Waals surface area (Å²) < 4.78 is 0. The number of nitrogens with zero attached hydrogens (tertiary/aromatic N) is 1. The molecule has 1 aromatic carbocycles. The van der Waals surface area contributed by atoms with Gasteiger partial charge in [0.1, 0.15) is 0 Å². The van der Waals surface area contributed by atoms with E-state index in [1.165, 1.54) is 0 Å².